The first-order valence-electron chi connectivity index (χ1n) is 9.76. The second-order valence-electron chi connectivity index (χ2n) is 7.05. The lowest BCUT2D eigenvalue weighted by Crippen LogP contribution is -2.10. The summed E-state index contributed by atoms with van der Waals surface area (Å²) >= 11 is 0. The van der Waals surface area contributed by atoms with Crippen molar-refractivity contribution in [1.29, 1.82) is 0 Å². The second kappa shape index (κ2) is 8.91. The number of hydrogen-bond acceptors (Lipinski definition) is 8. The van der Waals surface area contributed by atoms with Crippen LogP contribution in [0.5, 0.6) is 11.5 Å². The van der Waals surface area contributed by atoms with Gasteiger partial charge in [0, 0.05) is 26.0 Å². The average Bonchev–Trinajstić information content (AvgIpc) is 2.74. The maximum absolute atomic E-state index is 13.2. The Labute approximate surface area is 186 Å². The first-order valence-corrected chi connectivity index (χ1v) is 9.76. The van der Waals surface area contributed by atoms with E-state index in [2.05, 4.69) is 10.5 Å². The van der Waals surface area contributed by atoms with E-state index in [1.807, 2.05) is 0 Å². The topological polar surface area (TPSA) is 107 Å². The first-order chi connectivity index (χ1) is 15.8. The van der Waals surface area contributed by atoms with Crippen LogP contribution in [0, 0.1) is 5.82 Å². The highest BCUT2D eigenvalue weighted by Gasteiger charge is 2.17. The summed E-state index contributed by atoms with van der Waals surface area (Å²) in [5.41, 5.74) is 3.90. The third-order valence-electron chi connectivity index (χ3n) is 4.50. The molecule has 0 amide bonds. The highest BCUT2D eigenvalue weighted by atomic mass is 19.1. The van der Waals surface area contributed by atoms with Gasteiger partial charge in [-0.3, -0.25) is 19.8 Å². The minimum Gasteiger partial charge on any atom is -0.456 e. The van der Waals surface area contributed by atoms with Crippen LogP contribution in [0.2, 0.25) is 0 Å². The number of hydrazone groups is 1. The van der Waals surface area contributed by atoms with Gasteiger partial charge in [-0.2, -0.15) is 5.10 Å². The second-order valence-corrected chi connectivity index (χ2v) is 7.05. The molecule has 4 aromatic rings. The predicted octanol–water partition coefficient (Wildman–Crippen LogP) is 4.38. The molecule has 0 spiro atoms. The fourth-order valence-electron chi connectivity index (χ4n) is 3.18. The summed E-state index contributed by atoms with van der Waals surface area (Å²) in [6.45, 7) is 2.41. The van der Waals surface area contributed by atoms with Crippen molar-refractivity contribution in [1.82, 2.24) is 0 Å². The van der Waals surface area contributed by atoms with Gasteiger partial charge in [-0.25, -0.2) is 4.39 Å². The zero-order chi connectivity index (χ0) is 23.5. The van der Waals surface area contributed by atoms with Gasteiger partial charge >= 0.3 is 11.9 Å². The fraction of sp³-hybridized carbons (Fsp3) is 0.0833. The minimum absolute atomic E-state index is 0.0344. The molecule has 4 rings (SSSR count). The molecule has 8 nitrogen and oxygen atoms in total. The molecule has 0 fully saturated rings. The van der Waals surface area contributed by atoms with Gasteiger partial charge in [0.25, 0.3) is 0 Å². The molecule has 33 heavy (non-hydrogen) atoms. The smallest absolute Gasteiger partial charge is 0.308 e. The molecule has 0 saturated carbocycles. The molecule has 0 saturated heterocycles. The number of benzene rings is 3. The van der Waals surface area contributed by atoms with Gasteiger partial charge in [-0.15, -0.1) is 0 Å². The fourth-order valence-corrected chi connectivity index (χ4v) is 3.18. The van der Waals surface area contributed by atoms with Gasteiger partial charge < -0.3 is 13.9 Å². The Balaban J connectivity index is 1.76. The van der Waals surface area contributed by atoms with Gasteiger partial charge in [-0.05, 0) is 48.0 Å². The zero-order valence-corrected chi connectivity index (χ0v) is 17.5. The molecule has 1 heterocycles. The van der Waals surface area contributed by atoms with Crippen LogP contribution in [0.3, 0.4) is 0 Å². The minimum atomic E-state index is -0.650. The van der Waals surface area contributed by atoms with Gasteiger partial charge in [0.2, 0.25) is 5.43 Å². The summed E-state index contributed by atoms with van der Waals surface area (Å²) in [7, 11) is 0. The number of nitrogens with zero attached hydrogens (tertiary/aromatic N) is 1. The lowest BCUT2D eigenvalue weighted by atomic mass is 10.1. The molecular weight excluding hydrogens is 431 g/mol. The molecule has 0 bridgehead atoms. The molecule has 3 aromatic carbocycles. The molecule has 1 aromatic heterocycles. The van der Waals surface area contributed by atoms with E-state index in [1.54, 1.807) is 18.2 Å². The van der Waals surface area contributed by atoms with Gasteiger partial charge in [0.1, 0.15) is 33.9 Å². The van der Waals surface area contributed by atoms with Crippen molar-refractivity contribution in [3.05, 3.63) is 76.2 Å². The van der Waals surface area contributed by atoms with E-state index in [9.17, 15) is 18.8 Å². The number of carbonyl (C=O) groups is 2. The zero-order valence-electron chi connectivity index (χ0n) is 17.5. The first kappa shape index (κ1) is 21.7. The van der Waals surface area contributed by atoms with Crippen LogP contribution in [0.1, 0.15) is 19.4 Å². The number of anilines is 1. The number of esters is 2. The highest BCUT2D eigenvalue weighted by molar-refractivity contribution is 5.97. The maximum atomic E-state index is 13.2. The van der Waals surface area contributed by atoms with Crippen LogP contribution >= 0.6 is 0 Å². The van der Waals surface area contributed by atoms with Crippen LogP contribution in [0.15, 0.2) is 68.9 Å². The van der Waals surface area contributed by atoms with E-state index in [-0.39, 0.29) is 39.3 Å². The summed E-state index contributed by atoms with van der Waals surface area (Å²) in [6.07, 6.45) is 1.49. The molecule has 0 aliphatic rings. The Morgan fingerprint density at radius 3 is 2.39 bits per heavy atom. The summed E-state index contributed by atoms with van der Waals surface area (Å²) in [6, 6.07) is 13.2. The number of carbonyl (C=O) groups excluding carboxylic acids is 2. The van der Waals surface area contributed by atoms with E-state index < -0.39 is 17.4 Å². The van der Waals surface area contributed by atoms with Crippen molar-refractivity contribution in [2.75, 3.05) is 5.43 Å². The molecule has 166 valence electrons. The van der Waals surface area contributed by atoms with E-state index in [4.69, 9.17) is 13.9 Å². The highest BCUT2D eigenvalue weighted by Crippen LogP contribution is 2.32. The normalized spacial score (nSPS) is 11.1. The van der Waals surface area contributed by atoms with Crippen LogP contribution in [-0.4, -0.2) is 18.2 Å². The SMILES string of the molecule is CC(=O)Oc1cc(OC(C)=O)c2c(=O)c3cc(/C=N/Nc4ccc(F)cc4)ccc3oc2c1. The molecule has 0 aliphatic heterocycles. The molecule has 0 atom stereocenters. The number of hydrogen-bond donors (Lipinski definition) is 1. The molecule has 9 heteroatoms. The number of fused-ring (bicyclic) bond motifs is 2. The Hall–Kier alpha value is -4.53. The third-order valence-corrected chi connectivity index (χ3v) is 4.50. The molecule has 0 aliphatic carbocycles. The summed E-state index contributed by atoms with van der Waals surface area (Å²) in [5.74, 6) is -1.59. The summed E-state index contributed by atoms with van der Waals surface area (Å²) in [5, 5.41) is 4.36. The van der Waals surface area contributed by atoms with E-state index in [1.165, 1.54) is 56.5 Å². The summed E-state index contributed by atoms with van der Waals surface area (Å²) in [4.78, 5) is 36.1. The average molecular weight is 448 g/mol. The maximum Gasteiger partial charge on any atom is 0.308 e. The number of ether oxygens (including phenoxy) is 2. The lowest BCUT2D eigenvalue weighted by Gasteiger charge is -2.10. The quantitative estimate of drug-likeness (QED) is 0.159. The van der Waals surface area contributed by atoms with Crippen molar-refractivity contribution >= 4 is 45.8 Å². The molecular formula is C24H17FN2O6. The van der Waals surface area contributed by atoms with Crippen molar-refractivity contribution < 1.29 is 27.9 Å². The lowest BCUT2D eigenvalue weighted by molar-refractivity contribution is -0.132. The Bertz CT molecular complexity index is 1470. The molecule has 0 radical (unpaired) electrons. The van der Waals surface area contributed by atoms with Crippen molar-refractivity contribution in [3.63, 3.8) is 0 Å². The Morgan fingerprint density at radius 1 is 0.970 bits per heavy atom. The van der Waals surface area contributed by atoms with E-state index in [0.717, 1.165) is 0 Å². The van der Waals surface area contributed by atoms with Gasteiger partial charge in [-0.1, -0.05) is 0 Å². The van der Waals surface area contributed by atoms with Crippen molar-refractivity contribution in [2.24, 2.45) is 5.10 Å². The monoisotopic (exact) mass is 448 g/mol. The summed E-state index contributed by atoms with van der Waals surface area (Å²) < 4.78 is 29.1. The Kier molecular flexibility index (Phi) is 5.86. The largest absolute Gasteiger partial charge is 0.456 e. The van der Waals surface area contributed by atoms with E-state index >= 15 is 0 Å². The van der Waals surface area contributed by atoms with Gasteiger partial charge in [0.05, 0.1) is 17.3 Å². The van der Waals surface area contributed by atoms with Crippen LogP contribution in [0.4, 0.5) is 10.1 Å². The van der Waals surface area contributed by atoms with Crippen LogP contribution in [-0.2, 0) is 9.59 Å². The predicted molar refractivity (Wildman–Crippen MR) is 120 cm³/mol. The van der Waals surface area contributed by atoms with E-state index in [0.29, 0.717) is 11.3 Å². The number of nitrogens with one attached hydrogen (secondary N) is 1. The standard InChI is InChI=1S/C24H17FN2O6/c1-13(28)31-18-10-21(32-14(2)29)23-22(11-18)33-20-8-3-15(9-19(20)24(23)30)12-26-27-17-6-4-16(25)5-7-17/h3-12,27H,1-2H3/b26-12+. The van der Waals surface area contributed by atoms with Crippen molar-refractivity contribution in [2.45, 2.75) is 13.8 Å². The molecule has 1 N–H and O–H groups in total. The molecule has 0 unspecified atom stereocenters. The third kappa shape index (κ3) is 4.87. The Morgan fingerprint density at radius 2 is 1.70 bits per heavy atom. The van der Waals surface area contributed by atoms with Crippen LogP contribution in [0.25, 0.3) is 21.9 Å². The number of halogens is 1. The van der Waals surface area contributed by atoms with Crippen molar-refractivity contribution in [3.8, 4) is 11.5 Å². The number of rotatable bonds is 5. The van der Waals surface area contributed by atoms with Gasteiger partial charge in [0.15, 0.2) is 0 Å². The van der Waals surface area contributed by atoms with Crippen LogP contribution < -0.4 is 20.3 Å².